The first kappa shape index (κ1) is 24.3. The maximum Gasteiger partial charge on any atom is 0.250 e. The fraction of sp³-hybridized carbons (Fsp3) is 0.542. The van der Waals surface area contributed by atoms with Crippen molar-refractivity contribution in [3.63, 3.8) is 0 Å². The van der Waals surface area contributed by atoms with Crippen LogP contribution in [-0.2, 0) is 10.5 Å². The molecule has 2 unspecified atom stereocenters. The third-order valence-corrected chi connectivity index (χ3v) is 7.17. The number of nitrogens with two attached hydrogens (primary N) is 1. The van der Waals surface area contributed by atoms with Crippen molar-refractivity contribution in [2.24, 2.45) is 11.7 Å². The number of imidazole rings is 1. The molecule has 4 rings (SSSR count). The monoisotopic (exact) mass is 474 g/mol. The molecule has 0 radical (unpaired) electrons. The molecular formula is C24H32F2N6O2. The van der Waals surface area contributed by atoms with E-state index in [2.05, 4.69) is 25.7 Å². The van der Waals surface area contributed by atoms with Gasteiger partial charge in [-0.15, -0.1) is 0 Å². The molecule has 8 nitrogen and oxygen atoms in total. The molecule has 34 heavy (non-hydrogen) atoms. The van der Waals surface area contributed by atoms with Gasteiger partial charge < -0.3 is 15.6 Å². The molecular weight excluding hydrogens is 442 g/mol. The van der Waals surface area contributed by atoms with Crippen molar-refractivity contribution in [1.29, 1.82) is 0 Å². The topological polar surface area (TPSA) is 114 Å². The van der Waals surface area contributed by atoms with E-state index >= 15 is 0 Å². The number of aromatic nitrogens is 2. The number of benzene rings is 1. The van der Waals surface area contributed by atoms with Crippen LogP contribution in [0.2, 0.25) is 0 Å². The maximum absolute atomic E-state index is 13.8. The van der Waals surface area contributed by atoms with E-state index in [1.165, 1.54) is 38.5 Å². The molecule has 2 fully saturated rings. The number of carbonyl (C=O) groups excluding carboxylic acids is 2. The van der Waals surface area contributed by atoms with Crippen molar-refractivity contribution in [3.8, 4) is 0 Å². The summed E-state index contributed by atoms with van der Waals surface area (Å²) in [5.41, 5.74) is 11.0. The average molecular weight is 475 g/mol. The zero-order valence-electron chi connectivity index (χ0n) is 19.2. The van der Waals surface area contributed by atoms with Crippen molar-refractivity contribution in [2.75, 3.05) is 5.32 Å². The Morgan fingerprint density at radius 3 is 2.32 bits per heavy atom. The van der Waals surface area contributed by atoms with E-state index in [9.17, 15) is 18.4 Å². The minimum Gasteiger partial charge on any atom is -0.366 e. The van der Waals surface area contributed by atoms with Crippen LogP contribution < -0.4 is 21.9 Å². The lowest BCUT2D eigenvalue weighted by Crippen LogP contribution is -2.65. The molecule has 184 valence electrons. The third-order valence-electron chi connectivity index (χ3n) is 7.17. The molecule has 2 heterocycles. The fourth-order valence-electron chi connectivity index (χ4n) is 5.30. The van der Waals surface area contributed by atoms with Gasteiger partial charge >= 0.3 is 0 Å². The van der Waals surface area contributed by atoms with Crippen LogP contribution >= 0.6 is 0 Å². The Kier molecular flexibility index (Phi) is 7.57. The molecule has 0 spiro atoms. The van der Waals surface area contributed by atoms with Crippen molar-refractivity contribution in [2.45, 2.75) is 75.9 Å². The highest BCUT2D eigenvalue weighted by Gasteiger charge is 2.44. The van der Waals surface area contributed by atoms with E-state index in [1.807, 2.05) is 12.5 Å². The predicted octanol–water partition coefficient (Wildman–Crippen LogP) is 3.56. The SMILES string of the molecule is NC(=O)c1cc(F)c(F)cc1NC(=O)C1CCC(C2CCCCCCCC2)(n2ccnc2)NN1. The second kappa shape index (κ2) is 10.6. The van der Waals surface area contributed by atoms with E-state index in [0.29, 0.717) is 24.8 Å². The molecule has 2 aliphatic rings. The van der Waals surface area contributed by atoms with Crippen LogP contribution in [0.5, 0.6) is 0 Å². The van der Waals surface area contributed by atoms with Crippen molar-refractivity contribution < 1.29 is 18.4 Å². The molecule has 1 aliphatic carbocycles. The molecule has 0 bridgehead atoms. The largest absolute Gasteiger partial charge is 0.366 e. The van der Waals surface area contributed by atoms with Gasteiger partial charge in [-0.2, -0.15) is 0 Å². The summed E-state index contributed by atoms with van der Waals surface area (Å²) < 4.78 is 29.4. The normalized spacial score (nSPS) is 24.6. The van der Waals surface area contributed by atoms with Gasteiger partial charge in [0.25, 0.3) is 5.91 Å². The van der Waals surface area contributed by atoms with Crippen LogP contribution in [-0.4, -0.2) is 27.4 Å². The summed E-state index contributed by atoms with van der Waals surface area (Å²) in [6, 6.07) is 0.833. The standard InChI is InChI=1S/C24H32F2N6O2/c25-18-13-17(22(27)33)21(14-19(18)26)29-23(34)20-9-10-24(31-30-20,32-12-11-28-15-32)16-7-5-3-1-2-4-6-8-16/h11-16,20,30-31H,1-10H2,(H2,27,33)(H,29,34). The molecule has 2 amide bonds. The Hall–Kier alpha value is -2.85. The number of amides is 2. The van der Waals surface area contributed by atoms with Crippen LogP contribution in [0, 0.1) is 17.6 Å². The van der Waals surface area contributed by atoms with E-state index in [1.54, 1.807) is 6.20 Å². The van der Waals surface area contributed by atoms with Crippen LogP contribution in [0.15, 0.2) is 30.9 Å². The van der Waals surface area contributed by atoms with Gasteiger partial charge in [-0.1, -0.05) is 38.5 Å². The summed E-state index contributed by atoms with van der Waals surface area (Å²) in [4.78, 5) is 28.9. The minimum atomic E-state index is -1.20. The summed E-state index contributed by atoms with van der Waals surface area (Å²) in [6.45, 7) is 0. The number of hydrogen-bond donors (Lipinski definition) is 4. The van der Waals surface area contributed by atoms with E-state index < -0.39 is 35.2 Å². The molecule has 1 aromatic heterocycles. The second-order valence-corrected chi connectivity index (χ2v) is 9.32. The number of nitrogens with one attached hydrogen (secondary N) is 3. The average Bonchev–Trinajstić information content (AvgIpc) is 3.40. The van der Waals surface area contributed by atoms with Crippen LogP contribution in [0.25, 0.3) is 0 Å². The van der Waals surface area contributed by atoms with Gasteiger partial charge in [0, 0.05) is 18.5 Å². The quantitative estimate of drug-likeness (QED) is 0.529. The Balaban J connectivity index is 1.50. The summed E-state index contributed by atoms with van der Waals surface area (Å²) in [5, 5.41) is 2.53. The summed E-state index contributed by atoms with van der Waals surface area (Å²) in [6.07, 6.45) is 16.2. The number of rotatable bonds is 5. The molecule has 5 N–H and O–H groups in total. The first-order valence-electron chi connectivity index (χ1n) is 12.0. The smallest absolute Gasteiger partial charge is 0.250 e. The minimum absolute atomic E-state index is 0.152. The number of halogens is 2. The van der Waals surface area contributed by atoms with E-state index in [-0.39, 0.29) is 11.3 Å². The fourth-order valence-corrected chi connectivity index (χ4v) is 5.30. The summed E-state index contributed by atoms with van der Waals surface area (Å²) in [7, 11) is 0. The number of anilines is 1. The maximum atomic E-state index is 13.8. The van der Waals surface area contributed by atoms with Gasteiger partial charge in [0.1, 0.15) is 11.7 Å². The number of hydrazine groups is 1. The van der Waals surface area contributed by atoms with Crippen molar-refractivity contribution in [1.82, 2.24) is 20.4 Å². The number of hydrogen-bond acceptors (Lipinski definition) is 5. The van der Waals surface area contributed by atoms with Crippen LogP contribution in [0.4, 0.5) is 14.5 Å². The lowest BCUT2D eigenvalue weighted by atomic mass is 9.79. The predicted molar refractivity (Wildman–Crippen MR) is 123 cm³/mol. The lowest BCUT2D eigenvalue weighted by Gasteiger charge is -2.47. The van der Waals surface area contributed by atoms with Crippen LogP contribution in [0.3, 0.4) is 0 Å². The Bertz CT molecular complexity index is 995. The Morgan fingerprint density at radius 2 is 1.74 bits per heavy atom. The molecule has 2 atom stereocenters. The van der Waals surface area contributed by atoms with E-state index in [4.69, 9.17) is 5.73 Å². The zero-order chi connectivity index (χ0) is 24.1. The first-order chi connectivity index (χ1) is 16.4. The highest BCUT2D eigenvalue weighted by molar-refractivity contribution is 6.04. The Morgan fingerprint density at radius 1 is 1.06 bits per heavy atom. The number of nitrogens with zero attached hydrogens (tertiary/aromatic N) is 2. The van der Waals surface area contributed by atoms with Gasteiger partial charge in [-0.3, -0.25) is 9.59 Å². The zero-order valence-corrected chi connectivity index (χ0v) is 19.2. The van der Waals surface area contributed by atoms with Crippen LogP contribution in [0.1, 0.15) is 74.6 Å². The van der Waals surface area contributed by atoms with E-state index in [0.717, 1.165) is 18.9 Å². The third kappa shape index (κ3) is 5.12. The summed E-state index contributed by atoms with van der Waals surface area (Å²) >= 11 is 0. The van der Waals surface area contributed by atoms with Gasteiger partial charge in [0.15, 0.2) is 11.6 Å². The molecule has 2 aromatic rings. The van der Waals surface area contributed by atoms with Gasteiger partial charge in [-0.05, 0) is 37.7 Å². The Labute approximate surface area is 197 Å². The molecule has 10 heteroatoms. The lowest BCUT2D eigenvalue weighted by molar-refractivity contribution is -0.120. The van der Waals surface area contributed by atoms with Gasteiger partial charge in [-0.25, -0.2) is 24.6 Å². The first-order valence-corrected chi connectivity index (χ1v) is 12.0. The van der Waals surface area contributed by atoms with Crippen molar-refractivity contribution in [3.05, 3.63) is 48.1 Å². The number of carbonyl (C=O) groups is 2. The summed E-state index contributed by atoms with van der Waals surface area (Å²) in [5.74, 6) is -3.43. The molecule has 1 aliphatic heterocycles. The highest BCUT2D eigenvalue weighted by atomic mass is 19.2. The molecule has 1 saturated carbocycles. The second-order valence-electron chi connectivity index (χ2n) is 9.32. The molecule has 1 saturated heterocycles. The number of primary amides is 1. The van der Waals surface area contributed by atoms with Gasteiger partial charge in [0.05, 0.1) is 17.6 Å². The molecule has 1 aromatic carbocycles. The van der Waals surface area contributed by atoms with Gasteiger partial charge in [0.2, 0.25) is 5.91 Å². The van der Waals surface area contributed by atoms with Crippen molar-refractivity contribution >= 4 is 17.5 Å². The highest BCUT2D eigenvalue weighted by Crippen LogP contribution is 2.39.